The van der Waals surface area contributed by atoms with E-state index in [-0.39, 0.29) is 11.6 Å². The number of hydrogen-bond donors (Lipinski definition) is 1. The molecule has 0 heterocycles. The number of benzene rings is 1. The van der Waals surface area contributed by atoms with Crippen LogP contribution in [0.4, 0.5) is 5.69 Å². The number of nitrogens with zero attached hydrogens (tertiary/aromatic N) is 1. The number of nitro groups is 1. The van der Waals surface area contributed by atoms with Crippen LogP contribution in [-0.4, -0.2) is 28.4 Å². The van der Waals surface area contributed by atoms with Crippen LogP contribution < -0.4 is 0 Å². The van der Waals surface area contributed by atoms with Crippen LogP contribution in [0.5, 0.6) is 0 Å². The third-order valence-corrected chi connectivity index (χ3v) is 21.9. The minimum atomic E-state index is -2.40. The van der Waals surface area contributed by atoms with Gasteiger partial charge < -0.3 is 0 Å². The van der Waals surface area contributed by atoms with Crippen molar-refractivity contribution in [3.63, 3.8) is 0 Å². The number of non-ortho nitro benzene ring substituents is 1. The van der Waals surface area contributed by atoms with Gasteiger partial charge in [0.1, 0.15) is 0 Å². The molecule has 0 bridgehead atoms. The number of nitro benzene ring substituents is 1. The standard InChI is InChI=1S/C11H12NO3.3C4H9.Sn/c1-3-8(2)11(13)9-4-6-10(7-5-9)12(14)15;3*1-3-4-2;/h3-8,11,13H,1-2H2;3*1,3-4H2,2H3;/t8-,11-;;;;/m0..../s1. The van der Waals surface area contributed by atoms with Gasteiger partial charge in [0.15, 0.2) is 0 Å². The van der Waals surface area contributed by atoms with Crippen LogP contribution >= 0.6 is 0 Å². The molecule has 0 fully saturated rings. The van der Waals surface area contributed by atoms with Crippen molar-refractivity contribution in [1.82, 2.24) is 0 Å². The molecular weight excluding hydrogens is 457 g/mol. The van der Waals surface area contributed by atoms with Crippen molar-refractivity contribution < 1.29 is 10.0 Å². The van der Waals surface area contributed by atoms with Gasteiger partial charge >= 0.3 is 176 Å². The molecule has 158 valence electrons. The van der Waals surface area contributed by atoms with Gasteiger partial charge in [-0.25, -0.2) is 0 Å². The molecule has 0 spiro atoms. The molecule has 0 unspecified atom stereocenters. The van der Waals surface area contributed by atoms with E-state index in [4.69, 9.17) is 0 Å². The van der Waals surface area contributed by atoms with Gasteiger partial charge in [0.05, 0.1) is 0 Å². The zero-order chi connectivity index (χ0) is 21.0. The molecule has 0 aliphatic rings. The SMILES string of the molecule is C=C[C@H]([CH2][Sn]([CH2]CCC)([CH2]CCC)[CH2]CCC)[C@H](O)c1ccc([N+](=O)[O-])cc1. The van der Waals surface area contributed by atoms with Crippen LogP contribution in [0.15, 0.2) is 36.9 Å². The first-order chi connectivity index (χ1) is 13.4. The zero-order valence-corrected chi connectivity index (χ0v) is 20.9. The number of aliphatic hydroxyl groups is 1. The Morgan fingerprint density at radius 2 is 1.50 bits per heavy atom. The molecule has 0 amide bonds. The molecule has 4 nitrogen and oxygen atoms in total. The van der Waals surface area contributed by atoms with Crippen molar-refractivity contribution in [2.24, 2.45) is 5.92 Å². The number of rotatable bonds is 15. The van der Waals surface area contributed by atoms with Crippen molar-refractivity contribution in [2.45, 2.75) is 83.1 Å². The third kappa shape index (κ3) is 7.86. The predicted octanol–water partition coefficient (Wildman–Crippen LogP) is 7.28. The summed E-state index contributed by atoms with van der Waals surface area (Å²) in [4.78, 5) is 10.5. The predicted molar refractivity (Wildman–Crippen MR) is 121 cm³/mol. The van der Waals surface area contributed by atoms with Crippen molar-refractivity contribution in [2.75, 3.05) is 0 Å². The Morgan fingerprint density at radius 1 is 1.04 bits per heavy atom. The molecular formula is C23H39NO3Sn. The summed E-state index contributed by atoms with van der Waals surface area (Å²) in [5, 5.41) is 21.9. The van der Waals surface area contributed by atoms with E-state index < -0.39 is 29.4 Å². The van der Waals surface area contributed by atoms with Crippen molar-refractivity contribution in [3.8, 4) is 0 Å². The van der Waals surface area contributed by atoms with Crippen LogP contribution in [0.1, 0.15) is 71.0 Å². The summed E-state index contributed by atoms with van der Waals surface area (Å²) in [6.45, 7) is 10.9. The van der Waals surface area contributed by atoms with E-state index in [2.05, 4.69) is 27.4 Å². The Kier molecular flexibility index (Phi) is 12.0. The monoisotopic (exact) mass is 497 g/mol. The van der Waals surface area contributed by atoms with E-state index in [0.29, 0.717) is 0 Å². The Morgan fingerprint density at radius 3 is 1.86 bits per heavy atom. The van der Waals surface area contributed by atoms with Crippen LogP contribution in [0, 0.1) is 16.0 Å². The number of hydrogen-bond acceptors (Lipinski definition) is 3. The maximum absolute atomic E-state index is 11.0. The van der Waals surface area contributed by atoms with Crippen molar-refractivity contribution in [3.05, 3.63) is 52.6 Å². The van der Waals surface area contributed by atoms with Gasteiger partial charge in [-0.1, -0.05) is 0 Å². The van der Waals surface area contributed by atoms with Gasteiger partial charge in [-0.2, -0.15) is 0 Å². The molecule has 28 heavy (non-hydrogen) atoms. The second kappa shape index (κ2) is 13.4. The second-order valence-corrected chi connectivity index (χ2v) is 22.2. The minimum absolute atomic E-state index is 0.0443. The molecule has 0 saturated heterocycles. The Bertz CT molecular complexity index is 566. The summed E-state index contributed by atoms with van der Waals surface area (Å²) in [5.74, 6) is 0.0443. The molecule has 1 N–H and O–H groups in total. The summed E-state index contributed by atoms with van der Waals surface area (Å²) in [6.07, 6.45) is 8.94. The normalized spacial score (nSPS) is 13.9. The van der Waals surface area contributed by atoms with Gasteiger partial charge in [-0.05, 0) is 0 Å². The topological polar surface area (TPSA) is 63.4 Å². The molecule has 0 aliphatic carbocycles. The average molecular weight is 496 g/mol. The fraction of sp³-hybridized carbons (Fsp3) is 0.652. The van der Waals surface area contributed by atoms with E-state index in [1.165, 1.54) is 64.0 Å². The molecule has 5 heteroatoms. The molecule has 0 aliphatic heterocycles. The van der Waals surface area contributed by atoms with Gasteiger partial charge in [-0.15, -0.1) is 0 Å². The first-order valence-corrected chi connectivity index (χ1v) is 19.0. The summed E-state index contributed by atoms with van der Waals surface area (Å²) in [5.41, 5.74) is 0.825. The molecule has 1 aromatic carbocycles. The number of unbranched alkanes of at least 4 members (excludes halogenated alkanes) is 3. The fourth-order valence-electron chi connectivity index (χ4n) is 4.20. The van der Waals surface area contributed by atoms with Gasteiger partial charge in [-0.3, -0.25) is 0 Å². The molecule has 1 aromatic rings. The fourth-order valence-corrected chi connectivity index (χ4v) is 21.5. The van der Waals surface area contributed by atoms with Crippen LogP contribution in [-0.2, 0) is 0 Å². The van der Waals surface area contributed by atoms with E-state index >= 15 is 0 Å². The van der Waals surface area contributed by atoms with E-state index in [0.717, 1.165) is 10.0 Å². The number of aliphatic hydroxyl groups excluding tert-OH is 1. The van der Waals surface area contributed by atoms with Gasteiger partial charge in [0.25, 0.3) is 0 Å². The Balaban J connectivity index is 3.04. The van der Waals surface area contributed by atoms with E-state index in [9.17, 15) is 15.2 Å². The van der Waals surface area contributed by atoms with Crippen LogP contribution in [0.25, 0.3) is 0 Å². The maximum atomic E-state index is 11.0. The van der Waals surface area contributed by atoms with Gasteiger partial charge in [0.2, 0.25) is 0 Å². The summed E-state index contributed by atoms with van der Waals surface area (Å²) < 4.78 is 5.35. The Hall–Kier alpha value is -0.881. The van der Waals surface area contributed by atoms with Crippen LogP contribution in [0.2, 0.25) is 17.7 Å². The molecule has 0 aromatic heterocycles. The van der Waals surface area contributed by atoms with Crippen LogP contribution in [0.3, 0.4) is 0 Å². The molecule has 0 radical (unpaired) electrons. The average Bonchev–Trinajstić information content (AvgIpc) is 2.72. The first-order valence-electron chi connectivity index (χ1n) is 11.0. The second-order valence-electron chi connectivity index (χ2n) is 8.21. The van der Waals surface area contributed by atoms with E-state index in [1.807, 2.05) is 6.08 Å². The van der Waals surface area contributed by atoms with Gasteiger partial charge in [0, 0.05) is 0 Å². The quantitative estimate of drug-likeness (QED) is 0.120. The molecule has 1 rings (SSSR count). The van der Waals surface area contributed by atoms with E-state index in [1.54, 1.807) is 12.1 Å². The molecule has 0 saturated carbocycles. The van der Waals surface area contributed by atoms with Crippen molar-refractivity contribution in [1.29, 1.82) is 0 Å². The third-order valence-electron chi connectivity index (χ3n) is 6.00. The zero-order valence-electron chi connectivity index (χ0n) is 18.0. The van der Waals surface area contributed by atoms with Crippen molar-refractivity contribution >= 4 is 24.1 Å². The summed E-state index contributed by atoms with van der Waals surface area (Å²) >= 11 is -2.40. The first kappa shape index (κ1) is 25.2. The Labute approximate surface area is 175 Å². The molecule has 2 atom stereocenters. The summed E-state index contributed by atoms with van der Waals surface area (Å²) in [7, 11) is 0. The summed E-state index contributed by atoms with van der Waals surface area (Å²) in [6, 6.07) is 6.36.